The normalized spacial score (nSPS) is 17.9. The summed E-state index contributed by atoms with van der Waals surface area (Å²) in [4.78, 5) is 12.7. The molecule has 1 aromatic heterocycles. The van der Waals surface area contributed by atoms with Crippen LogP contribution in [0.1, 0.15) is 48.7 Å². The minimum atomic E-state index is -0.0485. The van der Waals surface area contributed by atoms with E-state index in [-0.39, 0.29) is 17.9 Å². The molecule has 24 heavy (non-hydrogen) atoms. The summed E-state index contributed by atoms with van der Waals surface area (Å²) in [6.45, 7) is 6.00. The van der Waals surface area contributed by atoms with Gasteiger partial charge < -0.3 is 10.6 Å². The molecule has 6 heteroatoms. The summed E-state index contributed by atoms with van der Waals surface area (Å²) in [6, 6.07) is 7.67. The van der Waals surface area contributed by atoms with Crippen LogP contribution in [0.4, 0.5) is 0 Å². The van der Waals surface area contributed by atoms with Crippen LogP contribution in [0.2, 0.25) is 5.02 Å². The Morgan fingerprint density at radius 1 is 1.38 bits per heavy atom. The van der Waals surface area contributed by atoms with Crippen molar-refractivity contribution in [2.75, 3.05) is 13.1 Å². The van der Waals surface area contributed by atoms with Gasteiger partial charge in [-0.2, -0.15) is 5.10 Å². The number of halogens is 1. The van der Waals surface area contributed by atoms with Crippen molar-refractivity contribution in [3.05, 3.63) is 46.7 Å². The van der Waals surface area contributed by atoms with Crippen LogP contribution < -0.4 is 10.6 Å². The van der Waals surface area contributed by atoms with Crippen LogP contribution in [-0.4, -0.2) is 34.8 Å². The Morgan fingerprint density at radius 3 is 2.75 bits per heavy atom. The summed E-state index contributed by atoms with van der Waals surface area (Å²) in [5.74, 6) is 0.126. The van der Waals surface area contributed by atoms with E-state index < -0.39 is 0 Å². The highest BCUT2D eigenvalue weighted by atomic mass is 35.5. The van der Waals surface area contributed by atoms with Gasteiger partial charge in [-0.25, -0.2) is 4.68 Å². The number of nitrogens with one attached hydrogen (secondary N) is 2. The van der Waals surface area contributed by atoms with E-state index in [0.29, 0.717) is 10.6 Å². The summed E-state index contributed by atoms with van der Waals surface area (Å²) in [5, 5.41) is 11.6. The highest BCUT2D eigenvalue weighted by Crippen LogP contribution is 2.24. The SMILES string of the molecule is CC(C)c1c(C(=O)N[C@H]2CCCNC2)cnn1-c1ccc(Cl)cc1. The van der Waals surface area contributed by atoms with Gasteiger partial charge in [-0.15, -0.1) is 0 Å². The van der Waals surface area contributed by atoms with E-state index in [0.717, 1.165) is 37.3 Å². The van der Waals surface area contributed by atoms with Crippen molar-refractivity contribution in [3.8, 4) is 5.69 Å². The lowest BCUT2D eigenvalue weighted by atomic mass is 10.0. The van der Waals surface area contributed by atoms with E-state index in [9.17, 15) is 4.79 Å². The van der Waals surface area contributed by atoms with Crippen LogP contribution in [0, 0.1) is 0 Å². The second kappa shape index (κ2) is 7.36. The topological polar surface area (TPSA) is 59.0 Å². The summed E-state index contributed by atoms with van der Waals surface area (Å²) in [7, 11) is 0. The molecule has 1 aromatic carbocycles. The van der Waals surface area contributed by atoms with Gasteiger partial charge in [-0.05, 0) is 49.6 Å². The highest BCUT2D eigenvalue weighted by molar-refractivity contribution is 6.30. The minimum absolute atomic E-state index is 0.0485. The first-order valence-corrected chi connectivity index (χ1v) is 8.79. The Bertz CT molecular complexity index is 702. The highest BCUT2D eigenvalue weighted by Gasteiger charge is 2.23. The molecule has 128 valence electrons. The molecule has 1 atom stereocenters. The van der Waals surface area contributed by atoms with Crippen molar-refractivity contribution in [1.29, 1.82) is 0 Å². The average Bonchev–Trinajstić information content (AvgIpc) is 3.02. The molecular weight excluding hydrogens is 324 g/mol. The average molecular weight is 347 g/mol. The largest absolute Gasteiger partial charge is 0.348 e. The number of hydrogen-bond donors (Lipinski definition) is 2. The summed E-state index contributed by atoms with van der Waals surface area (Å²) in [5.41, 5.74) is 2.46. The van der Waals surface area contributed by atoms with Crippen molar-refractivity contribution in [2.45, 2.75) is 38.6 Å². The number of piperidine rings is 1. The smallest absolute Gasteiger partial charge is 0.255 e. The molecule has 2 aromatic rings. The first-order valence-electron chi connectivity index (χ1n) is 8.41. The van der Waals surface area contributed by atoms with Crippen LogP contribution in [0.5, 0.6) is 0 Å². The quantitative estimate of drug-likeness (QED) is 0.894. The van der Waals surface area contributed by atoms with Gasteiger partial charge in [0.15, 0.2) is 0 Å². The molecule has 0 aliphatic carbocycles. The molecule has 0 unspecified atom stereocenters. The Balaban J connectivity index is 1.88. The van der Waals surface area contributed by atoms with Crippen molar-refractivity contribution < 1.29 is 4.79 Å². The molecule has 5 nitrogen and oxygen atoms in total. The lowest BCUT2D eigenvalue weighted by molar-refractivity contribution is 0.0929. The molecule has 1 saturated heterocycles. The first kappa shape index (κ1) is 17.0. The third-order valence-corrected chi connectivity index (χ3v) is 4.55. The maximum Gasteiger partial charge on any atom is 0.255 e. The fourth-order valence-corrected chi connectivity index (χ4v) is 3.24. The monoisotopic (exact) mass is 346 g/mol. The molecule has 0 bridgehead atoms. The molecule has 1 amide bonds. The van der Waals surface area contributed by atoms with Gasteiger partial charge in [-0.1, -0.05) is 25.4 Å². The zero-order chi connectivity index (χ0) is 17.1. The van der Waals surface area contributed by atoms with E-state index in [2.05, 4.69) is 29.6 Å². The van der Waals surface area contributed by atoms with Crippen LogP contribution in [0.3, 0.4) is 0 Å². The first-order chi connectivity index (χ1) is 11.6. The Labute approximate surface area is 147 Å². The van der Waals surface area contributed by atoms with E-state index in [4.69, 9.17) is 11.6 Å². The van der Waals surface area contributed by atoms with E-state index in [1.165, 1.54) is 0 Å². The summed E-state index contributed by atoms with van der Waals surface area (Å²) >= 11 is 5.97. The molecule has 1 aliphatic rings. The van der Waals surface area contributed by atoms with Crippen molar-refractivity contribution >= 4 is 17.5 Å². The van der Waals surface area contributed by atoms with Gasteiger partial charge >= 0.3 is 0 Å². The number of aromatic nitrogens is 2. The Morgan fingerprint density at radius 2 is 2.12 bits per heavy atom. The van der Waals surface area contributed by atoms with E-state index >= 15 is 0 Å². The zero-order valence-corrected chi connectivity index (χ0v) is 14.8. The summed E-state index contributed by atoms with van der Waals surface area (Å²) < 4.78 is 1.83. The standard InChI is InChI=1S/C18H23ClN4O/c1-12(2)17-16(18(24)22-14-4-3-9-20-10-14)11-21-23(17)15-7-5-13(19)6-8-15/h5-8,11-12,14,20H,3-4,9-10H2,1-2H3,(H,22,24)/t14-/m0/s1. The molecular formula is C18H23ClN4O. The maximum absolute atomic E-state index is 12.7. The van der Waals surface area contributed by atoms with Gasteiger partial charge in [-0.3, -0.25) is 4.79 Å². The van der Waals surface area contributed by atoms with E-state index in [1.807, 2.05) is 28.9 Å². The van der Waals surface area contributed by atoms with Gasteiger partial charge in [0.1, 0.15) is 0 Å². The zero-order valence-electron chi connectivity index (χ0n) is 14.1. The number of hydrogen-bond acceptors (Lipinski definition) is 3. The second-order valence-electron chi connectivity index (χ2n) is 6.50. The van der Waals surface area contributed by atoms with Crippen LogP contribution in [0.15, 0.2) is 30.5 Å². The predicted octanol–water partition coefficient (Wildman–Crippen LogP) is 3.13. The Kier molecular flexibility index (Phi) is 5.21. The van der Waals surface area contributed by atoms with Crippen molar-refractivity contribution in [3.63, 3.8) is 0 Å². The molecule has 3 rings (SSSR count). The lowest BCUT2D eigenvalue weighted by Gasteiger charge is -2.24. The third kappa shape index (κ3) is 3.62. The van der Waals surface area contributed by atoms with Gasteiger partial charge in [0, 0.05) is 17.6 Å². The number of amides is 1. The molecule has 0 saturated carbocycles. The molecule has 1 aliphatic heterocycles. The van der Waals surface area contributed by atoms with Crippen LogP contribution >= 0.6 is 11.6 Å². The lowest BCUT2D eigenvalue weighted by Crippen LogP contribution is -2.45. The molecule has 0 radical (unpaired) electrons. The number of nitrogens with zero attached hydrogens (tertiary/aromatic N) is 2. The predicted molar refractivity (Wildman–Crippen MR) is 96.0 cm³/mol. The molecule has 1 fully saturated rings. The maximum atomic E-state index is 12.7. The molecule has 2 heterocycles. The van der Waals surface area contributed by atoms with E-state index in [1.54, 1.807) is 6.20 Å². The second-order valence-corrected chi connectivity index (χ2v) is 6.94. The van der Waals surface area contributed by atoms with Gasteiger partial charge in [0.05, 0.1) is 23.1 Å². The van der Waals surface area contributed by atoms with Gasteiger partial charge in [0.2, 0.25) is 0 Å². The number of carbonyl (C=O) groups excluding carboxylic acids is 1. The summed E-state index contributed by atoms with van der Waals surface area (Å²) in [6.07, 6.45) is 3.77. The number of benzene rings is 1. The van der Waals surface area contributed by atoms with Crippen LogP contribution in [-0.2, 0) is 0 Å². The number of rotatable bonds is 4. The van der Waals surface area contributed by atoms with Crippen LogP contribution in [0.25, 0.3) is 5.69 Å². The minimum Gasteiger partial charge on any atom is -0.348 e. The van der Waals surface area contributed by atoms with Crippen molar-refractivity contribution in [1.82, 2.24) is 20.4 Å². The Hall–Kier alpha value is -1.85. The van der Waals surface area contributed by atoms with Crippen molar-refractivity contribution in [2.24, 2.45) is 0 Å². The fourth-order valence-electron chi connectivity index (χ4n) is 3.11. The molecule has 0 spiro atoms. The molecule has 2 N–H and O–H groups in total. The third-order valence-electron chi connectivity index (χ3n) is 4.30. The van der Waals surface area contributed by atoms with Gasteiger partial charge in [0.25, 0.3) is 5.91 Å². The number of carbonyl (C=O) groups is 1. The fraction of sp³-hybridized carbons (Fsp3) is 0.444.